The van der Waals surface area contributed by atoms with Crippen LogP contribution in [0.15, 0.2) is 28.7 Å². The molecule has 2 rings (SSSR count). The van der Waals surface area contributed by atoms with Gasteiger partial charge in [-0.15, -0.1) is 0 Å². The van der Waals surface area contributed by atoms with Crippen LogP contribution in [-0.4, -0.2) is 43.7 Å². The van der Waals surface area contributed by atoms with Gasteiger partial charge < -0.3 is 10.6 Å². The monoisotopic (exact) mass is 297 g/mol. The van der Waals surface area contributed by atoms with E-state index in [4.69, 9.17) is 5.73 Å². The Bertz CT molecular complexity index is 361. The highest BCUT2D eigenvalue weighted by Crippen LogP contribution is 2.21. The minimum atomic E-state index is 0.500. The molecule has 0 amide bonds. The first-order chi connectivity index (χ1) is 8.20. The van der Waals surface area contributed by atoms with E-state index in [0.717, 1.165) is 37.2 Å². The van der Waals surface area contributed by atoms with Crippen LogP contribution in [-0.2, 0) is 0 Å². The molecule has 4 heteroatoms. The molecule has 94 valence electrons. The quantitative estimate of drug-likeness (QED) is 0.925. The molecule has 0 saturated carbocycles. The fourth-order valence-electron chi connectivity index (χ4n) is 2.24. The van der Waals surface area contributed by atoms with Crippen molar-refractivity contribution in [3.05, 3.63) is 28.7 Å². The van der Waals surface area contributed by atoms with E-state index in [1.165, 1.54) is 5.69 Å². The number of piperazine rings is 1. The van der Waals surface area contributed by atoms with Gasteiger partial charge in [-0.05, 0) is 25.1 Å². The maximum Gasteiger partial charge on any atom is 0.0378 e. The van der Waals surface area contributed by atoms with E-state index < -0.39 is 0 Å². The van der Waals surface area contributed by atoms with Gasteiger partial charge in [-0.3, -0.25) is 4.90 Å². The first-order valence-corrected chi connectivity index (χ1v) is 6.94. The van der Waals surface area contributed by atoms with Gasteiger partial charge in [-0.1, -0.05) is 22.0 Å². The van der Waals surface area contributed by atoms with E-state index in [-0.39, 0.29) is 0 Å². The van der Waals surface area contributed by atoms with Crippen LogP contribution >= 0.6 is 15.9 Å². The van der Waals surface area contributed by atoms with E-state index in [0.29, 0.717) is 6.04 Å². The molecule has 17 heavy (non-hydrogen) atoms. The number of hydrogen-bond donors (Lipinski definition) is 1. The highest BCUT2D eigenvalue weighted by Gasteiger charge is 2.20. The number of nitrogens with two attached hydrogens (primary N) is 1. The third-order valence-corrected chi connectivity index (χ3v) is 3.95. The van der Waals surface area contributed by atoms with E-state index >= 15 is 0 Å². The van der Waals surface area contributed by atoms with E-state index in [1.54, 1.807) is 0 Å². The van der Waals surface area contributed by atoms with Crippen molar-refractivity contribution >= 4 is 21.6 Å². The van der Waals surface area contributed by atoms with Gasteiger partial charge in [0, 0.05) is 48.9 Å². The van der Waals surface area contributed by atoms with Crippen molar-refractivity contribution in [2.75, 3.05) is 37.6 Å². The average Bonchev–Trinajstić information content (AvgIpc) is 2.38. The predicted molar refractivity (Wildman–Crippen MR) is 76.4 cm³/mol. The molecule has 0 aromatic heterocycles. The molecule has 1 heterocycles. The summed E-state index contributed by atoms with van der Waals surface area (Å²) in [5.74, 6) is 0. The van der Waals surface area contributed by atoms with Crippen LogP contribution in [0.4, 0.5) is 5.69 Å². The van der Waals surface area contributed by atoms with Crippen LogP contribution in [0.3, 0.4) is 0 Å². The fourth-order valence-corrected chi connectivity index (χ4v) is 2.63. The normalized spacial score (nSPS) is 19.4. The molecular formula is C13H20BrN3. The lowest BCUT2D eigenvalue weighted by Gasteiger charge is -2.38. The summed E-state index contributed by atoms with van der Waals surface area (Å²) in [5.41, 5.74) is 7.01. The van der Waals surface area contributed by atoms with E-state index in [9.17, 15) is 0 Å². The lowest BCUT2D eigenvalue weighted by molar-refractivity contribution is 0.201. The van der Waals surface area contributed by atoms with Crippen LogP contribution in [0.2, 0.25) is 0 Å². The number of nitrogens with zero attached hydrogens (tertiary/aromatic N) is 2. The smallest absolute Gasteiger partial charge is 0.0378 e. The van der Waals surface area contributed by atoms with Crippen molar-refractivity contribution in [1.82, 2.24) is 4.90 Å². The molecule has 0 aliphatic carbocycles. The molecule has 1 unspecified atom stereocenters. The van der Waals surface area contributed by atoms with Crippen LogP contribution in [0.1, 0.15) is 6.92 Å². The molecule has 1 atom stereocenters. The van der Waals surface area contributed by atoms with E-state index in [2.05, 4.69) is 56.9 Å². The molecule has 1 saturated heterocycles. The van der Waals surface area contributed by atoms with Gasteiger partial charge in [0.2, 0.25) is 0 Å². The largest absolute Gasteiger partial charge is 0.369 e. The highest BCUT2D eigenvalue weighted by molar-refractivity contribution is 9.10. The molecule has 1 aromatic carbocycles. The van der Waals surface area contributed by atoms with Gasteiger partial charge in [-0.25, -0.2) is 0 Å². The maximum absolute atomic E-state index is 5.71. The first kappa shape index (κ1) is 12.9. The summed E-state index contributed by atoms with van der Waals surface area (Å²) >= 11 is 3.52. The lowest BCUT2D eigenvalue weighted by atomic mass is 10.2. The Kier molecular flexibility index (Phi) is 4.42. The molecular weight excluding hydrogens is 278 g/mol. The number of anilines is 1. The number of benzene rings is 1. The third-order valence-electron chi connectivity index (χ3n) is 3.45. The zero-order valence-corrected chi connectivity index (χ0v) is 11.9. The molecule has 3 nitrogen and oxygen atoms in total. The fraction of sp³-hybridized carbons (Fsp3) is 0.538. The van der Waals surface area contributed by atoms with Crippen molar-refractivity contribution in [3.63, 3.8) is 0 Å². The van der Waals surface area contributed by atoms with Crippen LogP contribution in [0, 0.1) is 0 Å². The van der Waals surface area contributed by atoms with Crippen molar-refractivity contribution in [1.29, 1.82) is 0 Å². The van der Waals surface area contributed by atoms with Gasteiger partial charge in [0.05, 0.1) is 0 Å². The number of halogens is 1. The standard InChI is InChI=1S/C13H20BrN3/c1-11(10-15)16-5-7-17(8-6-16)13-4-2-3-12(14)9-13/h2-4,9,11H,5-8,10,15H2,1H3. The van der Waals surface area contributed by atoms with Gasteiger partial charge in [-0.2, -0.15) is 0 Å². The first-order valence-electron chi connectivity index (χ1n) is 6.15. The zero-order chi connectivity index (χ0) is 12.3. The Balaban J connectivity index is 1.95. The second kappa shape index (κ2) is 5.85. The molecule has 1 aliphatic heterocycles. The molecule has 0 bridgehead atoms. The van der Waals surface area contributed by atoms with Crippen molar-refractivity contribution in [3.8, 4) is 0 Å². The minimum Gasteiger partial charge on any atom is -0.369 e. The Morgan fingerprint density at radius 2 is 2.00 bits per heavy atom. The second-order valence-electron chi connectivity index (χ2n) is 4.59. The Hall–Kier alpha value is -0.580. The predicted octanol–water partition coefficient (Wildman–Crippen LogP) is 1.92. The third kappa shape index (κ3) is 3.21. The van der Waals surface area contributed by atoms with Gasteiger partial charge in [0.1, 0.15) is 0 Å². The summed E-state index contributed by atoms with van der Waals surface area (Å²) in [6.45, 7) is 7.32. The van der Waals surface area contributed by atoms with Crippen molar-refractivity contribution < 1.29 is 0 Å². The SMILES string of the molecule is CC(CN)N1CCN(c2cccc(Br)c2)CC1. The summed E-state index contributed by atoms with van der Waals surface area (Å²) in [5, 5.41) is 0. The summed E-state index contributed by atoms with van der Waals surface area (Å²) in [6.07, 6.45) is 0. The van der Waals surface area contributed by atoms with Gasteiger partial charge >= 0.3 is 0 Å². The zero-order valence-electron chi connectivity index (χ0n) is 10.3. The molecule has 2 N–H and O–H groups in total. The summed E-state index contributed by atoms with van der Waals surface area (Å²) in [6, 6.07) is 9.01. The highest BCUT2D eigenvalue weighted by atomic mass is 79.9. The van der Waals surface area contributed by atoms with E-state index in [1.807, 2.05) is 0 Å². The van der Waals surface area contributed by atoms with Crippen LogP contribution < -0.4 is 10.6 Å². The number of hydrogen-bond acceptors (Lipinski definition) is 3. The van der Waals surface area contributed by atoms with Crippen molar-refractivity contribution in [2.24, 2.45) is 5.73 Å². The lowest BCUT2D eigenvalue weighted by Crippen LogP contribution is -2.51. The molecule has 0 radical (unpaired) electrons. The minimum absolute atomic E-state index is 0.500. The summed E-state index contributed by atoms with van der Waals surface area (Å²) < 4.78 is 1.15. The molecule has 1 aliphatic rings. The maximum atomic E-state index is 5.71. The average molecular weight is 298 g/mol. The molecule has 1 fully saturated rings. The van der Waals surface area contributed by atoms with Crippen LogP contribution in [0.5, 0.6) is 0 Å². The molecule has 0 spiro atoms. The van der Waals surface area contributed by atoms with Gasteiger partial charge in [0.25, 0.3) is 0 Å². The topological polar surface area (TPSA) is 32.5 Å². The Morgan fingerprint density at radius 1 is 1.29 bits per heavy atom. The van der Waals surface area contributed by atoms with Gasteiger partial charge in [0.15, 0.2) is 0 Å². The second-order valence-corrected chi connectivity index (χ2v) is 5.50. The summed E-state index contributed by atoms with van der Waals surface area (Å²) in [7, 11) is 0. The van der Waals surface area contributed by atoms with Crippen molar-refractivity contribution in [2.45, 2.75) is 13.0 Å². The Labute approximate surface area is 112 Å². The van der Waals surface area contributed by atoms with Crippen LogP contribution in [0.25, 0.3) is 0 Å². The number of rotatable bonds is 3. The Morgan fingerprint density at radius 3 is 2.59 bits per heavy atom. The molecule has 1 aromatic rings. The summed E-state index contributed by atoms with van der Waals surface area (Å²) in [4.78, 5) is 4.90.